The zero-order valence-electron chi connectivity index (χ0n) is 18.6. The highest BCUT2D eigenvalue weighted by Crippen LogP contribution is 2.23. The van der Waals surface area contributed by atoms with E-state index >= 15 is 0 Å². The number of nitrogens with one attached hydrogen (secondary N) is 1. The minimum Gasteiger partial charge on any atom is -0.379 e. The van der Waals surface area contributed by atoms with Gasteiger partial charge >= 0.3 is 0 Å². The van der Waals surface area contributed by atoms with Crippen LogP contribution >= 0.6 is 0 Å². The van der Waals surface area contributed by atoms with Gasteiger partial charge in [-0.05, 0) is 49.4 Å². The minimum absolute atomic E-state index is 0.100. The number of ether oxygens (including phenoxy) is 1. The Kier molecular flexibility index (Phi) is 6.51. The summed E-state index contributed by atoms with van der Waals surface area (Å²) in [5, 5.41) is 5.19. The Morgan fingerprint density at radius 2 is 1.94 bits per heavy atom. The van der Waals surface area contributed by atoms with Crippen LogP contribution in [0.4, 0.5) is 0 Å². The van der Waals surface area contributed by atoms with Crippen molar-refractivity contribution in [1.82, 2.24) is 15.2 Å². The molecule has 0 radical (unpaired) electrons. The molecule has 32 heavy (non-hydrogen) atoms. The van der Waals surface area contributed by atoms with Crippen molar-refractivity contribution in [2.24, 2.45) is 5.92 Å². The number of pyridine rings is 1. The molecular formula is C26H29N3O3. The molecule has 0 aliphatic carbocycles. The van der Waals surface area contributed by atoms with Crippen LogP contribution in [0.15, 0.2) is 67.0 Å². The third-order valence-corrected chi connectivity index (χ3v) is 5.90. The van der Waals surface area contributed by atoms with E-state index in [2.05, 4.69) is 28.5 Å². The van der Waals surface area contributed by atoms with E-state index in [0.29, 0.717) is 31.9 Å². The first-order chi connectivity index (χ1) is 15.4. The van der Waals surface area contributed by atoms with Crippen LogP contribution in [0.2, 0.25) is 0 Å². The normalized spacial score (nSPS) is 17.1. The van der Waals surface area contributed by atoms with Gasteiger partial charge in [-0.1, -0.05) is 36.4 Å². The molecule has 0 spiro atoms. The van der Waals surface area contributed by atoms with Gasteiger partial charge in [0.25, 0.3) is 5.91 Å². The van der Waals surface area contributed by atoms with Crippen molar-refractivity contribution in [2.75, 3.05) is 26.3 Å². The van der Waals surface area contributed by atoms with Gasteiger partial charge in [0.15, 0.2) is 0 Å². The maximum absolute atomic E-state index is 13.4. The first-order valence-electron chi connectivity index (χ1n) is 11.0. The Morgan fingerprint density at radius 3 is 2.75 bits per heavy atom. The van der Waals surface area contributed by atoms with E-state index in [1.54, 1.807) is 32.2 Å². The molecule has 166 valence electrons. The monoisotopic (exact) mass is 431 g/mol. The summed E-state index contributed by atoms with van der Waals surface area (Å²) in [6.07, 6.45) is 4.49. The van der Waals surface area contributed by atoms with Crippen LogP contribution in [-0.2, 0) is 16.0 Å². The molecule has 6 heteroatoms. The number of hydrogen-bond acceptors (Lipinski definition) is 4. The van der Waals surface area contributed by atoms with E-state index in [4.69, 9.17) is 4.74 Å². The predicted octanol–water partition coefficient (Wildman–Crippen LogP) is 3.46. The van der Waals surface area contributed by atoms with Gasteiger partial charge in [-0.3, -0.25) is 14.6 Å². The lowest BCUT2D eigenvalue weighted by Crippen LogP contribution is -2.56. The number of fused-ring (bicyclic) bond motifs is 1. The van der Waals surface area contributed by atoms with Gasteiger partial charge < -0.3 is 15.0 Å². The molecule has 1 fully saturated rings. The lowest BCUT2D eigenvalue weighted by molar-refractivity contribution is -0.137. The molecule has 3 aromatic rings. The van der Waals surface area contributed by atoms with Gasteiger partial charge in [-0.25, -0.2) is 0 Å². The summed E-state index contributed by atoms with van der Waals surface area (Å²) in [5.41, 5.74) is 0.718. The summed E-state index contributed by atoms with van der Waals surface area (Å²) in [4.78, 5) is 32.1. The maximum atomic E-state index is 13.4. The molecule has 4 rings (SSSR count). The summed E-state index contributed by atoms with van der Waals surface area (Å²) >= 11 is 0. The Morgan fingerprint density at radius 1 is 1.12 bits per heavy atom. The third kappa shape index (κ3) is 4.97. The Hall–Kier alpha value is -3.25. The summed E-state index contributed by atoms with van der Waals surface area (Å²) in [6, 6.07) is 17.2. The fourth-order valence-corrected chi connectivity index (χ4v) is 4.25. The van der Waals surface area contributed by atoms with E-state index in [-0.39, 0.29) is 17.7 Å². The van der Waals surface area contributed by atoms with Crippen LogP contribution in [-0.4, -0.2) is 53.5 Å². The predicted molar refractivity (Wildman–Crippen MR) is 124 cm³/mol. The highest BCUT2D eigenvalue weighted by molar-refractivity contribution is 5.98. The molecule has 1 aliphatic heterocycles. The average Bonchev–Trinajstić information content (AvgIpc) is 3.04. The molecular weight excluding hydrogens is 402 g/mol. The second kappa shape index (κ2) is 9.49. The number of carbonyl (C=O) groups is 2. The fourth-order valence-electron chi connectivity index (χ4n) is 4.25. The highest BCUT2D eigenvalue weighted by atomic mass is 16.5. The van der Waals surface area contributed by atoms with Crippen LogP contribution in [0, 0.1) is 5.92 Å². The summed E-state index contributed by atoms with van der Waals surface area (Å²) < 4.78 is 5.84. The fraction of sp³-hybridized carbons (Fsp3) is 0.346. The third-order valence-electron chi connectivity index (χ3n) is 5.90. The minimum atomic E-state index is -1.02. The molecule has 6 nitrogen and oxygen atoms in total. The summed E-state index contributed by atoms with van der Waals surface area (Å²) in [6.45, 7) is 5.69. The SMILES string of the molecule is CC(C)(NC(=O)c1ccccc1)C(=O)N1CCOCC(Cc2cccc3ccncc23)C1. The highest BCUT2D eigenvalue weighted by Gasteiger charge is 2.35. The van der Waals surface area contributed by atoms with Crippen LogP contribution in [0.5, 0.6) is 0 Å². The number of carbonyl (C=O) groups excluding carboxylic acids is 2. The lowest BCUT2D eigenvalue weighted by Gasteiger charge is -2.33. The molecule has 1 unspecified atom stereocenters. The van der Waals surface area contributed by atoms with Crippen molar-refractivity contribution in [3.8, 4) is 0 Å². The van der Waals surface area contributed by atoms with Crippen LogP contribution in [0.1, 0.15) is 29.8 Å². The molecule has 1 saturated heterocycles. The van der Waals surface area contributed by atoms with Crippen molar-refractivity contribution in [1.29, 1.82) is 0 Å². The molecule has 2 heterocycles. The smallest absolute Gasteiger partial charge is 0.252 e. The van der Waals surface area contributed by atoms with Crippen LogP contribution in [0.25, 0.3) is 10.8 Å². The van der Waals surface area contributed by atoms with Crippen molar-refractivity contribution in [3.63, 3.8) is 0 Å². The maximum Gasteiger partial charge on any atom is 0.252 e. The van der Waals surface area contributed by atoms with E-state index in [0.717, 1.165) is 17.2 Å². The van der Waals surface area contributed by atoms with Crippen molar-refractivity contribution >= 4 is 22.6 Å². The first kappa shape index (κ1) is 22.0. The number of benzene rings is 2. The van der Waals surface area contributed by atoms with E-state index in [1.165, 1.54) is 5.56 Å². The summed E-state index contributed by atoms with van der Waals surface area (Å²) in [5.74, 6) is -0.195. The van der Waals surface area contributed by atoms with Crippen molar-refractivity contribution < 1.29 is 14.3 Å². The van der Waals surface area contributed by atoms with Crippen molar-refractivity contribution in [2.45, 2.75) is 25.8 Å². The van der Waals surface area contributed by atoms with Gasteiger partial charge in [0.05, 0.1) is 13.2 Å². The van der Waals surface area contributed by atoms with E-state index in [1.807, 2.05) is 35.4 Å². The summed E-state index contributed by atoms with van der Waals surface area (Å²) in [7, 11) is 0. The molecule has 1 atom stereocenters. The Balaban J connectivity index is 1.47. The first-order valence-corrected chi connectivity index (χ1v) is 11.0. The van der Waals surface area contributed by atoms with E-state index in [9.17, 15) is 9.59 Å². The van der Waals surface area contributed by atoms with Gasteiger partial charge in [-0.15, -0.1) is 0 Å². The molecule has 1 aliphatic rings. The average molecular weight is 432 g/mol. The van der Waals surface area contributed by atoms with Gasteiger partial charge in [-0.2, -0.15) is 0 Å². The number of rotatable bonds is 5. The van der Waals surface area contributed by atoms with Crippen LogP contribution in [0.3, 0.4) is 0 Å². The van der Waals surface area contributed by atoms with E-state index < -0.39 is 5.54 Å². The topological polar surface area (TPSA) is 71.5 Å². The van der Waals surface area contributed by atoms with Crippen molar-refractivity contribution in [3.05, 3.63) is 78.1 Å². The molecule has 2 amide bonds. The number of aromatic nitrogens is 1. The second-order valence-corrected chi connectivity index (χ2v) is 8.86. The zero-order chi connectivity index (χ0) is 22.6. The number of hydrogen-bond donors (Lipinski definition) is 1. The number of nitrogens with zero attached hydrogens (tertiary/aromatic N) is 2. The molecule has 2 aromatic carbocycles. The molecule has 1 aromatic heterocycles. The second-order valence-electron chi connectivity index (χ2n) is 8.86. The van der Waals surface area contributed by atoms with Gasteiger partial charge in [0.2, 0.25) is 5.91 Å². The Bertz CT molecular complexity index is 1090. The standard InChI is InChI=1S/C26H29N3O3/c1-26(2,28-24(30)21-7-4-3-5-8-21)25(31)29-13-14-32-18-19(17-29)15-22-10-6-9-20-11-12-27-16-23(20)22/h3-12,16,19H,13-15,17-18H2,1-2H3,(H,28,30). The zero-order valence-corrected chi connectivity index (χ0v) is 18.6. The molecule has 1 N–H and O–H groups in total. The van der Waals surface area contributed by atoms with Gasteiger partial charge in [0, 0.05) is 42.4 Å². The molecule has 0 saturated carbocycles. The van der Waals surface area contributed by atoms with Gasteiger partial charge in [0.1, 0.15) is 5.54 Å². The lowest BCUT2D eigenvalue weighted by atomic mass is 9.95. The van der Waals surface area contributed by atoms with Crippen LogP contribution < -0.4 is 5.32 Å². The quantitative estimate of drug-likeness (QED) is 0.672. The Labute approximate surface area is 188 Å². The largest absolute Gasteiger partial charge is 0.379 e. The number of amides is 2. The molecule has 0 bridgehead atoms.